The highest BCUT2D eigenvalue weighted by Crippen LogP contribution is 2.13. The van der Waals surface area contributed by atoms with Crippen LogP contribution < -0.4 is 10.9 Å². The van der Waals surface area contributed by atoms with Crippen molar-refractivity contribution in [3.63, 3.8) is 0 Å². The van der Waals surface area contributed by atoms with E-state index < -0.39 is 0 Å². The van der Waals surface area contributed by atoms with Crippen molar-refractivity contribution in [3.8, 4) is 0 Å². The van der Waals surface area contributed by atoms with Gasteiger partial charge in [0.2, 0.25) is 6.41 Å². The van der Waals surface area contributed by atoms with Crippen LogP contribution >= 0.6 is 11.9 Å². The fourth-order valence-electron chi connectivity index (χ4n) is 1.59. The molecule has 0 saturated heterocycles. The van der Waals surface area contributed by atoms with Crippen molar-refractivity contribution in [2.45, 2.75) is 17.7 Å². The van der Waals surface area contributed by atoms with Crippen LogP contribution in [-0.4, -0.2) is 16.2 Å². The molecule has 5 N–H and O–H groups in total. The van der Waals surface area contributed by atoms with E-state index in [2.05, 4.69) is 41.3 Å². The standard InChI is InChI=1S/C11H15N3S.CH3NO/c1-14-8-10(13-14)5-2-9-3-6-11(15-12)7-4-9;2-1-3/h3-4,6-8,13H,2,5,12H2,1H3;1H,(H2,2,3). The van der Waals surface area contributed by atoms with E-state index in [1.54, 1.807) is 0 Å². The smallest absolute Gasteiger partial charge is 0.204 e. The van der Waals surface area contributed by atoms with Gasteiger partial charge in [-0.1, -0.05) is 12.1 Å². The third-order valence-electron chi connectivity index (χ3n) is 2.41. The number of nitrogens with one attached hydrogen (secondary N) is 1. The number of aromatic nitrogens is 2. The van der Waals surface area contributed by atoms with Crippen LogP contribution in [0.2, 0.25) is 0 Å². The zero-order chi connectivity index (χ0) is 13.4. The topological polar surface area (TPSA) is 89.8 Å². The van der Waals surface area contributed by atoms with Gasteiger partial charge in [0.15, 0.2) is 0 Å². The average Bonchev–Trinajstić information content (AvgIpc) is 2.35. The van der Waals surface area contributed by atoms with Crippen molar-refractivity contribution in [2.24, 2.45) is 17.9 Å². The minimum absolute atomic E-state index is 0.250. The zero-order valence-electron chi connectivity index (χ0n) is 10.3. The Labute approximate surface area is 111 Å². The maximum Gasteiger partial charge on any atom is 0.204 e. The summed E-state index contributed by atoms with van der Waals surface area (Å²) in [5.41, 5.74) is 6.82. The molecule has 0 aliphatic rings. The summed E-state index contributed by atoms with van der Waals surface area (Å²) >= 11 is 1.29. The second-order valence-electron chi connectivity index (χ2n) is 3.77. The van der Waals surface area contributed by atoms with Crippen LogP contribution in [0.15, 0.2) is 35.4 Å². The molecule has 18 heavy (non-hydrogen) atoms. The van der Waals surface area contributed by atoms with Gasteiger partial charge in [-0.25, -0.2) is 0 Å². The lowest BCUT2D eigenvalue weighted by Gasteiger charge is -2.11. The third kappa shape index (κ3) is 4.68. The number of amides is 1. The number of carbonyl (C=O) groups excluding carboxylic acids is 1. The molecule has 1 aromatic carbocycles. The fraction of sp³-hybridized carbons (Fsp3) is 0.250. The Kier molecular flexibility index (Phi) is 6.10. The molecule has 0 fully saturated rings. The number of rotatable bonds is 4. The summed E-state index contributed by atoms with van der Waals surface area (Å²) in [4.78, 5) is 9.69. The molecule has 0 spiro atoms. The number of primary amides is 1. The van der Waals surface area contributed by atoms with Crippen LogP contribution in [0.4, 0.5) is 0 Å². The van der Waals surface area contributed by atoms with Gasteiger partial charge in [-0.3, -0.25) is 14.6 Å². The van der Waals surface area contributed by atoms with Crippen LogP contribution in [-0.2, 0) is 24.7 Å². The number of carbonyl (C=O) groups is 1. The average molecular weight is 266 g/mol. The second-order valence-corrected chi connectivity index (χ2v) is 4.48. The monoisotopic (exact) mass is 266 g/mol. The van der Waals surface area contributed by atoms with Crippen LogP contribution in [0.1, 0.15) is 11.3 Å². The van der Waals surface area contributed by atoms with Gasteiger partial charge < -0.3 is 10.8 Å². The van der Waals surface area contributed by atoms with Crippen LogP contribution in [0.3, 0.4) is 0 Å². The van der Waals surface area contributed by atoms with E-state index in [9.17, 15) is 0 Å². The summed E-state index contributed by atoms with van der Waals surface area (Å²) < 4.78 is 1.96. The van der Waals surface area contributed by atoms with E-state index in [-0.39, 0.29) is 6.41 Å². The predicted octanol–water partition coefficient (Wildman–Crippen LogP) is 1.21. The van der Waals surface area contributed by atoms with Crippen molar-refractivity contribution in [1.82, 2.24) is 9.78 Å². The highest BCUT2D eigenvalue weighted by Gasteiger charge is 1.99. The number of aromatic amines is 1. The summed E-state index contributed by atoms with van der Waals surface area (Å²) in [5, 5.41) is 8.67. The van der Waals surface area contributed by atoms with Crippen molar-refractivity contribution in [3.05, 3.63) is 41.7 Å². The lowest BCUT2D eigenvalue weighted by Crippen LogP contribution is -2.09. The molecule has 2 aromatic rings. The third-order valence-corrected chi connectivity index (χ3v) is 2.96. The van der Waals surface area contributed by atoms with E-state index in [4.69, 9.17) is 9.93 Å². The summed E-state index contributed by atoms with van der Waals surface area (Å²) in [7, 11) is 2.00. The van der Waals surface area contributed by atoms with Crippen molar-refractivity contribution < 1.29 is 4.79 Å². The molecule has 1 aromatic heterocycles. The minimum atomic E-state index is 0.250. The lowest BCUT2D eigenvalue weighted by atomic mass is 10.1. The maximum atomic E-state index is 8.58. The van der Waals surface area contributed by atoms with E-state index in [0.29, 0.717) is 0 Å². The molecule has 0 saturated carbocycles. The number of aryl methyl sites for hydroxylation is 3. The highest BCUT2D eigenvalue weighted by atomic mass is 32.2. The minimum Gasteiger partial charge on any atom is -0.372 e. The van der Waals surface area contributed by atoms with Gasteiger partial charge in [-0.05, 0) is 42.5 Å². The Morgan fingerprint density at radius 2 is 1.89 bits per heavy atom. The second kappa shape index (κ2) is 7.62. The predicted molar refractivity (Wildman–Crippen MR) is 73.9 cm³/mol. The normalized spacial score (nSPS) is 9.67. The molecule has 0 unspecified atom stereocenters. The van der Waals surface area contributed by atoms with Crippen molar-refractivity contribution in [2.75, 3.05) is 0 Å². The molecule has 0 bridgehead atoms. The van der Waals surface area contributed by atoms with Gasteiger partial charge in [-0.2, -0.15) is 0 Å². The van der Waals surface area contributed by atoms with Crippen LogP contribution in [0.25, 0.3) is 0 Å². The quantitative estimate of drug-likeness (QED) is 0.574. The lowest BCUT2D eigenvalue weighted by molar-refractivity contribution is -0.106. The number of nitrogens with zero attached hydrogens (tertiary/aromatic N) is 1. The summed E-state index contributed by atoms with van der Waals surface area (Å²) in [6, 6.07) is 8.40. The molecular weight excluding hydrogens is 248 g/mol. The molecule has 0 radical (unpaired) electrons. The van der Waals surface area contributed by atoms with Crippen LogP contribution in [0.5, 0.6) is 0 Å². The highest BCUT2D eigenvalue weighted by molar-refractivity contribution is 7.97. The molecule has 0 aliphatic carbocycles. The number of hydrogen-bond acceptors (Lipinski definition) is 3. The van der Waals surface area contributed by atoms with Gasteiger partial charge in [0.1, 0.15) is 0 Å². The Bertz CT molecular complexity index is 449. The van der Waals surface area contributed by atoms with Gasteiger partial charge in [0.25, 0.3) is 0 Å². The first kappa shape index (κ1) is 14.4. The van der Waals surface area contributed by atoms with Crippen LogP contribution in [0, 0.1) is 0 Å². The van der Waals surface area contributed by atoms with Crippen molar-refractivity contribution in [1.29, 1.82) is 0 Å². The Hall–Kier alpha value is -1.66. The summed E-state index contributed by atoms with van der Waals surface area (Å²) in [5.74, 6) is 0. The first-order chi connectivity index (χ1) is 8.69. The Morgan fingerprint density at radius 1 is 1.33 bits per heavy atom. The largest absolute Gasteiger partial charge is 0.372 e. The van der Waals surface area contributed by atoms with Gasteiger partial charge >= 0.3 is 0 Å². The number of benzene rings is 1. The fourth-order valence-corrected chi connectivity index (χ4v) is 1.88. The number of nitrogens with two attached hydrogens (primary N) is 2. The van der Waals surface area contributed by atoms with Crippen molar-refractivity contribution >= 4 is 18.4 Å². The molecule has 0 aliphatic heterocycles. The number of H-pyrrole nitrogens is 1. The first-order valence-corrected chi connectivity index (χ1v) is 6.38. The first-order valence-electron chi connectivity index (χ1n) is 5.51. The van der Waals surface area contributed by atoms with Gasteiger partial charge in [-0.15, -0.1) is 0 Å². The molecular formula is C12H18N4OS. The van der Waals surface area contributed by atoms with E-state index in [0.717, 1.165) is 17.7 Å². The van der Waals surface area contributed by atoms with Gasteiger partial charge in [0, 0.05) is 23.8 Å². The zero-order valence-corrected chi connectivity index (χ0v) is 11.1. The molecule has 1 amide bonds. The maximum absolute atomic E-state index is 8.58. The molecule has 6 heteroatoms. The molecule has 5 nitrogen and oxygen atoms in total. The molecule has 98 valence electrons. The SMILES string of the molecule is Cn1cc(CCc2ccc(SN)cc2)[nH]1.NC=O. The van der Waals surface area contributed by atoms with E-state index >= 15 is 0 Å². The van der Waals surface area contributed by atoms with E-state index in [1.807, 2.05) is 11.7 Å². The number of hydrogen-bond donors (Lipinski definition) is 3. The van der Waals surface area contributed by atoms with Gasteiger partial charge in [0.05, 0.1) is 0 Å². The summed E-state index contributed by atoms with van der Waals surface area (Å²) in [6.07, 6.45) is 4.51. The summed E-state index contributed by atoms with van der Waals surface area (Å²) in [6.45, 7) is 0. The Morgan fingerprint density at radius 3 is 2.33 bits per heavy atom. The Balaban J connectivity index is 0.000000492. The molecule has 1 heterocycles. The molecule has 2 rings (SSSR count). The molecule has 0 atom stereocenters. The van der Waals surface area contributed by atoms with E-state index in [1.165, 1.54) is 23.2 Å².